The smallest absolute Gasteiger partial charge is 0.245 e. The van der Waals surface area contributed by atoms with E-state index in [0.29, 0.717) is 17.5 Å². The number of rotatable bonds is 38. The summed E-state index contributed by atoms with van der Waals surface area (Å²) in [4.78, 5) is 160. The van der Waals surface area contributed by atoms with E-state index in [1.807, 2.05) is 13.8 Å². The van der Waals surface area contributed by atoms with Gasteiger partial charge in [-0.2, -0.15) is 0 Å². The summed E-state index contributed by atoms with van der Waals surface area (Å²) in [5.41, 5.74) is 23.4. The van der Waals surface area contributed by atoms with Crippen molar-refractivity contribution in [3.63, 3.8) is 0 Å². The summed E-state index contributed by atoms with van der Waals surface area (Å²) in [5, 5.41) is 64.2. The average Bonchev–Trinajstić information content (AvgIpc) is 3.46. The number of phenols is 1. The molecular weight excluding hydrogens is 1140 g/mol. The summed E-state index contributed by atoms with van der Waals surface area (Å²) in [6.45, 7) is 8.84. The number of primary amides is 2. The van der Waals surface area contributed by atoms with Gasteiger partial charge in [-0.3, -0.25) is 62.9 Å². The number of carbonyl (C=O) groups excluding carboxylic acids is 12. The molecular formula is C56H88N16O15. The van der Waals surface area contributed by atoms with Crippen LogP contribution in [0.1, 0.15) is 91.7 Å². The lowest BCUT2D eigenvalue weighted by atomic mass is 9.98. The van der Waals surface area contributed by atoms with Crippen molar-refractivity contribution in [2.75, 3.05) is 26.3 Å². The van der Waals surface area contributed by atoms with Crippen molar-refractivity contribution < 1.29 is 72.9 Å². The van der Waals surface area contributed by atoms with Crippen LogP contribution in [0, 0.1) is 23.2 Å². The summed E-state index contributed by atoms with van der Waals surface area (Å²) in [6, 6.07) is -0.283. The van der Waals surface area contributed by atoms with Gasteiger partial charge in [-0.05, 0) is 73.6 Å². The predicted octanol–water partition coefficient (Wildman–Crippen LogP) is -5.64. The Morgan fingerprint density at radius 3 is 1.52 bits per heavy atom. The third-order valence-electron chi connectivity index (χ3n) is 13.1. The standard InChI is InChI=1S/C56H88N16O15/c1-28(2)20-35(57)48(80)64-31(7)47(79)67-40(24-43(58)76)52(84)69-39(23-32-12-9-8-10-13-32)51(83)68-38(21-29(3)4)53(85)72-45(30(5)6)55(87)66-36(14-11-19-62-56(60)61)50(82)71-42(27-74)54(86)70-41(26-73)49(81)63-25-44(77)65-37(46(59)78)22-33-15-17-34(75)18-16-33/h8-10,12-13,15-18,28-31,35-42,45,73-75H,11,14,19-27,57H2,1-7H3,(H2,58,76)(H2,59,78)(H,63,81)(H,64,80)(H,65,77)(H,66,87)(H,67,79)(H,68,83)(H,69,84)(H,70,86)(H,71,82)(H,72,85)(H4,60,61,62)/t31-,35-,36-,37-,38-,39-,40-,41-,42-,45-/m0/s1. The van der Waals surface area contributed by atoms with Crippen LogP contribution in [0.15, 0.2) is 54.6 Å². The molecule has 10 atom stereocenters. The molecule has 87 heavy (non-hydrogen) atoms. The van der Waals surface area contributed by atoms with Gasteiger partial charge in [-0.25, -0.2) is 0 Å². The first-order valence-corrected chi connectivity index (χ1v) is 28.3. The first kappa shape index (κ1) is 74.1. The number of guanidine groups is 1. The van der Waals surface area contributed by atoms with Crippen LogP contribution >= 0.6 is 0 Å². The fourth-order valence-corrected chi connectivity index (χ4v) is 8.42. The van der Waals surface area contributed by atoms with Crippen molar-refractivity contribution in [1.82, 2.24) is 58.5 Å². The summed E-state index contributed by atoms with van der Waals surface area (Å²) in [5.74, 6) is -12.7. The minimum absolute atomic E-state index is 0.0197. The fourth-order valence-electron chi connectivity index (χ4n) is 8.42. The van der Waals surface area contributed by atoms with E-state index in [9.17, 15) is 72.9 Å². The van der Waals surface area contributed by atoms with E-state index < -0.39 is 169 Å². The highest BCUT2D eigenvalue weighted by Crippen LogP contribution is 2.14. The summed E-state index contributed by atoms with van der Waals surface area (Å²) in [7, 11) is 0. The van der Waals surface area contributed by atoms with Gasteiger partial charge in [0.15, 0.2) is 5.96 Å². The summed E-state index contributed by atoms with van der Waals surface area (Å²) in [6.07, 6.45) is -0.784. The normalized spacial score (nSPS) is 14.5. The third-order valence-corrected chi connectivity index (χ3v) is 13.1. The van der Waals surface area contributed by atoms with E-state index >= 15 is 0 Å². The molecule has 0 spiro atoms. The number of aliphatic hydroxyl groups is 2. The second kappa shape index (κ2) is 37.5. The van der Waals surface area contributed by atoms with Crippen LogP contribution in [-0.2, 0) is 70.4 Å². The molecule has 0 unspecified atom stereocenters. The van der Waals surface area contributed by atoms with Crippen LogP contribution in [0.25, 0.3) is 0 Å². The quantitative estimate of drug-likeness (QED) is 0.0169. The second-order valence-corrected chi connectivity index (χ2v) is 22.0. The largest absolute Gasteiger partial charge is 0.508 e. The Balaban J connectivity index is 2.33. The Bertz CT molecular complexity index is 2680. The molecule has 23 N–H and O–H groups in total. The van der Waals surface area contributed by atoms with E-state index in [0.717, 1.165) is 0 Å². The SMILES string of the molecule is CC(C)C[C@H](NC(=O)[C@H](Cc1ccccc1)NC(=O)[C@H](CC(N)=O)NC(=O)[C@H](C)NC(=O)[C@@H](N)CC(C)C)C(=O)N[C@H](C(=O)N[C@@H](CCCNC(=N)N)C(=O)N[C@@H](CO)C(=O)N[C@@H](CO)C(=O)NCC(=O)N[C@@H](Cc1ccc(O)cc1)C(N)=O)C(C)C. The molecule has 31 heteroatoms. The number of nitrogens with one attached hydrogen (secondary N) is 12. The molecule has 0 saturated heterocycles. The van der Waals surface area contributed by atoms with Gasteiger partial charge in [0.05, 0.1) is 32.2 Å². The van der Waals surface area contributed by atoms with Gasteiger partial charge in [-0.1, -0.05) is 84.0 Å². The predicted molar refractivity (Wildman–Crippen MR) is 316 cm³/mol. The van der Waals surface area contributed by atoms with E-state index in [-0.39, 0.29) is 56.2 Å². The number of carbonyl (C=O) groups is 12. The molecule has 482 valence electrons. The molecule has 0 saturated carbocycles. The molecule has 0 heterocycles. The molecule has 0 bridgehead atoms. The number of hydrogen-bond donors (Lipinski definition) is 19. The van der Waals surface area contributed by atoms with Crippen molar-refractivity contribution in [2.45, 2.75) is 154 Å². The lowest BCUT2D eigenvalue weighted by Crippen LogP contribution is -2.62. The first-order chi connectivity index (χ1) is 40.8. The molecule has 0 fully saturated rings. The number of nitrogens with two attached hydrogens (primary N) is 4. The number of aromatic hydroxyl groups is 1. The van der Waals surface area contributed by atoms with Gasteiger partial charge < -0.3 is 96.7 Å². The van der Waals surface area contributed by atoms with Crippen molar-refractivity contribution in [3.8, 4) is 5.75 Å². The third kappa shape index (κ3) is 27.7. The van der Waals surface area contributed by atoms with Gasteiger partial charge in [0.2, 0.25) is 70.9 Å². The Hall–Kier alpha value is -8.97. The molecule has 0 aliphatic rings. The Morgan fingerprint density at radius 1 is 0.494 bits per heavy atom. The number of amides is 12. The Labute approximate surface area is 504 Å². The highest BCUT2D eigenvalue weighted by Gasteiger charge is 2.36. The number of aliphatic hydroxyl groups excluding tert-OH is 2. The molecule has 0 aliphatic carbocycles. The van der Waals surface area contributed by atoms with E-state index in [1.54, 1.807) is 58.0 Å². The fraction of sp³-hybridized carbons (Fsp3) is 0.554. The van der Waals surface area contributed by atoms with Crippen molar-refractivity contribution in [2.24, 2.45) is 40.7 Å². The highest BCUT2D eigenvalue weighted by atomic mass is 16.3. The van der Waals surface area contributed by atoms with E-state index in [4.69, 9.17) is 28.3 Å². The lowest BCUT2D eigenvalue weighted by Gasteiger charge is -2.29. The Morgan fingerprint density at radius 2 is 0.977 bits per heavy atom. The van der Waals surface area contributed by atoms with Crippen LogP contribution in [0.4, 0.5) is 0 Å². The molecule has 0 aliphatic heterocycles. The monoisotopic (exact) mass is 1220 g/mol. The second-order valence-electron chi connectivity index (χ2n) is 22.0. The average molecular weight is 1230 g/mol. The number of phenolic OH excluding ortho intramolecular Hbond substituents is 1. The summed E-state index contributed by atoms with van der Waals surface area (Å²) < 4.78 is 0. The minimum atomic E-state index is -1.82. The topological polar surface area (TPSA) is 526 Å². The van der Waals surface area contributed by atoms with Gasteiger partial charge in [0.1, 0.15) is 60.1 Å². The van der Waals surface area contributed by atoms with Crippen LogP contribution in [0.2, 0.25) is 0 Å². The molecule has 0 aromatic heterocycles. The van der Waals surface area contributed by atoms with Crippen molar-refractivity contribution in [1.29, 1.82) is 5.41 Å². The highest BCUT2D eigenvalue weighted by molar-refractivity contribution is 5.99. The zero-order chi connectivity index (χ0) is 65.7. The Kier molecular flexibility index (Phi) is 31.9. The molecule has 0 radical (unpaired) electrons. The maximum absolute atomic E-state index is 14.4. The van der Waals surface area contributed by atoms with Crippen LogP contribution in [0.5, 0.6) is 5.75 Å². The van der Waals surface area contributed by atoms with E-state index in [1.165, 1.54) is 31.2 Å². The van der Waals surface area contributed by atoms with Gasteiger partial charge in [-0.15, -0.1) is 0 Å². The molecule has 12 amide bonds. The van der Waals surface area contributed by atoms with Crippen LogP contribution < -0.4 is 81.4 Å². The minimum Gasteiger partial charge on any atom is -0.508 e. The molecule has 31 nitrogen and oxygen atoms in total. The zero-order valence-electron chi connectivity index (χ0n) is 50.0. The first-order valence-electron chi connectivity index (χ1n) is 28.3. The van der Waals surface area contributed by atoms with Crippen LogP contribution in [-0.4, -0.2) is 179 Å². The zero-order valence-corrected chi connectivity index (χ0v) is 50.0. The lowest BCUT2D eigenvalue weighted by molar-refractivity contribution is -0.137. The number of benzene rings is 2. The van der Waals surface area contributed by atoms with Crippen molar-refractivity contribution in [3.05, 3.63) is 65.7 Å². The van der Waals surface area contributed by atoms with Gasteiger partial charge >= 0.3 is 0 Å². The maximum Gasteiger partial charge on any atom is 0.245 e. The molecule has 2 aromatic rings. The maximum atomic E-state index is 14.4. The summed E-state index contributed by atoms with van der Waals surface area (Å²) >= 11 is 0. The van der Waals surface area contributed by atoms with Crippen molar-refractivity contribution >= 4 is 76.8 Å². The number of hydrogen-bond acceptors (Lipinski definition) is 17. The molecule has 2 aromatic carbocycles. The van der Waals surface area contributed by atoms with Gasteiger partial charge in [0, 0.05) is 19.4 Å². The van der Waals surface area contributed by atoms with Gasteiger partial charge in [0.25, 0.3) is 0 Å². The van der Waals surface area contributed by atoms with E-state index in [2.05, 4.69) is 58.5 Å². The van der Waals surface area contributed by atoms with Crippen LogP contribution in [0.3, 0.4) is 0 Å². The molecule has 2 rings (SSSR count).